The first kappa shape index (κ1) is 15.6. The van der Waals surface area contributed by atoms with Gasteiger partial charge in [0.2, 0.25) is 0 Å². The maximum Gasteiger partial charge on any atom is 0.315 e. The van der Waals surface area contributed by atoms with Crippen molar-refractivity contribution < 1.29 is 21.6 Å². The van der Waals surface area contributed by atoms with Gasteiger partial charge < -0.3 is 10.6 Å². The van der Waals surface area contributed by atoms with Crippen LogP contribution in [0.3, 0.4) is 0 Å². The van der Waals surface area contributed by atoms with E-state index in [-0.39, 0.29) is 23.0 Å². The van der Waals surface area contributed by atoms with Crippen molar-refractivity contribution in [2.75, 3.05) is 23.0 Å². The molecule has 0 radical (unpaired) electrons. The molecular formula is C11H20N2O5S2. The third-order valence-electron chi connectivity index (χ3n) is 3.84. The molecule has 2 rings (SSSR count). The molecular weight excluding hydrogens is 304 g/mol. The molecule has 2 saturated heterocycles. The third kappa shape index (κ3) is 3.63. The summed E-state index contributed by atoms with van der Waals surface area (Å²) in [5.41, 5.74) is -1.56. The summed E-state index contributed by atoms with van der Waals surface area (Å²) in [7, 11) is -6.20. The molecule has 20 heavy (non-hydrogen) atoms. The van der Waals surface area contributed by atoms with Crippen molar-refractivity contribution in [3.63, 3.8) is 0 Å². The fraction of sp³-hybridized carbons (Fsp3) is 0.909. The molecule has 2 fully saturated rings. The molecule has 2 aliphatic rings. The van der Waals surface area contributed by atoms with Crippen molar-refractivity contribution in [3.05, 3.63) is 0 Å². The molecule has 2 heterocycles. The molecule has 0 aromatic rings. The van der Waals surface area contributed by atoms with Gasteiger partial charge in [-0.1, -0.05) is 0 Å². The lowest BCUT2D eigenvalue weighted by Gasteiger charge is -2.29. The summed E-state index contributed by atoms with van der Waals surface area (Å²) in [6.07, 6.45) is 0.746. The quantitative estimate of drug-likeness (QED) is 0.707. The normalized spacial score (nSPS) is 38.5. The van der Waals surface area contributed by atoms with E-state index in [1.165, 1.54) is 0 Å². The predicted molar refractivity (Wildman–Crippen MR) is 75.0 cm³/mol. The topological polar surface area (TPSA) is 109 Å². The number of rotatable bonds is 2. The summed E-state index contributed by atoms with van der Waals surface area (Å²) in [6.45, 7) is 3.37. The van der Waals surface area contributed by atoms with E-state index in [0.717, 1.165) is 0 Å². The van der Waals surface area contributed by atoms with Gasteiger partial charge in [0.1, 0.15) is 0 Å². The maximum absolute atomic E-state index is 12.0. The summed E-state index contributed by atoms with van der Waals surface area (Å²) >= 11 is 0. The second-order valence-electron chi connectivity index (χ2n) is 6.38. The first-order valence-electron chi connectivity index (χ1n) is 6.44. The fourth-order valence-electron chi connectivity index (χ4n) is 2.80. The monoisotopic (exact) mass is 324 g/mol. The van der Waals surface area contributed by atoms with E-state index in [1.807, 2.05) is 0 Å². The average molecular weight is 324 g/mol. The zero-order valence-corrected chi connectivity index (χ0v) is 13.2. The minimum absolute atomic E-state index is 0.0649. The Kier molecular flexibility index (Phi) is 3.57. The highest BCUT2D eigenvalue weighted by atomic mass is 32.2. The molecule has 0 unspecified atom stereocenters. The summed E-state index contributed by atoms with van der Waals surface area (Å²) in [6, 6.07) is -0.510. The first-order chi connectivity index (χ1) is 8.93. The molecule has 0 aromatic carbocycles. The van der Waals surface area contributed by atoms with Gasteiger partial charge >= 0.3 is 6.03 Å². The van der Waals surface area contributed by atoms with Gasteiger partial charge in [-0.15, -0.1) is 0 Å². The van der Waals surface area contributed by atoms with Crippen LogP contribution in [-0.4, -0.2) is 57.0 Å². The number of urea groups is 1. The number of sulfone groups is 2. The van der Waals surface area contributed by atoms with Crippen molar-refractivity contribution >= 4 is 25.7 Å². The second-order valence-corrected chi connectivity index (χ2v) is 10.8. The van der Waals surface area contributed by atoms with Crippen LogP contribution in [0.2, 0.25) is 0 Å². The van der Waals surface area contributed by atoms with E-state index < -0.39 is 36.8 Å². The molecule has 116 valence electrons. The van der Waals surface area contributed by atoms with Crippen molar-refractivity contribution in [3.8, 4) is 0 Å². The van der Waals surface area contributed by atoms with Crippen LogP contribution in [0.25, 0.3) is 0 Å². The lowest BCUT2D eigenvalue weighted by Crippen LogP contribution is -2.57. The van der Waals surface area contributed by atoms with Crippen LogP contribution in [-0.2, 0) is 19.7 Å². The zero-order chi connectivity index (χ0) is 15.2. The Morgan fingerprint density at radius 2 is 1.20 bits per heavy atom. The van der Waals surface area contributed by atoms with Crippen LogP contribution in [0.15, 0.2) is 0 Å². The highest BCUT2D eigenvalue weighted by molar-refractivity contribution is 7.92. The van der Waals surface area contributed by atoms with E-state index in [2.05, 4.69) is 10.6 Å². The zero-order valence-electron chi connectivity index (χ0n) is 11.6. The largest absolute Gasteiger partial charge is 0.332 e. The Balaban J connectivity index is 1.97. The molecule has 0 spiro atoms. The fourth-order valence-corrected chi connectivity index (χ4v) is 6.98. The van der Waals surface area contributed by atoms with Crippen molar-refractivity contribution in [2.45, 2.75) is 37.8 Å². The lowest BCUT2D eigenvalue weighted by molar-refractivity contribution is 0.220. The molecule has 0 aromatic heterocycles. The second kappa shape index (κ2) is 4.59. The van der Waals surface area contributed by atoms with Crippen LogP contribution >= 0.6 is 0 Å². The minimum Gasteiger partial charge on any atom is -0.332 e. The molecule has 2 atom stereocenters. The summed E-state index contributed by atoms with van der Waals surface area (Å²) in [5.74, 6) is -0.0320. The molecule has 0 saturated carbocycles. The summed E-state index contributed by atoms with van der Waals surface area (Å²) in [4.78, 5) is 12.0. The van der Waals surface area contributed by atoms with E-state index in [0.29, 0.717) is 12.8 Å². The predicted octanol–water partition coefficient (Wildman–Crippen LogP) is -0.560. The number of hydrogen-bond acceptors (Lipinski definition) is 5. The van der Waals surface area contributed by atoms with Gasteiger partial charge in [0.25, 0.3) is 0 Å². The Morgan fingerprint density at radius 3 is 1.45 bits per heavy atom. The van der Waals surface area contributed by atoms with Gasteiger partial charge in [-0.2, -0.15) is 0 Å². The van der Waals surface area contributed by atoms with Gasteiger partial charge in [0.05, 0.1) is 34.1 Å². The van der Waals surface area contributed by atoms with Crippen molar-refractivity contribution in [1.82, 2.24) is 10.6 Å². The van der Waals surface area contributed by atoms with E-state index >= 15 is 0 Å². The molecule has 0 bridgehead atoms. The van der Waals surface area contributed by atoms with Gasteiger partial charge in [-0.05, 0) is 26.7 Å². The van der Waals surface area contributed by atoms with Crippen molar-refractivity contribution in [1.29, 1.82) is 0 Å². The maximum atomic E-state index is 12.0. The smallest absolute Gasteiger partial charge is 0.315 e. The van der Waals surface area contributed by atoms with Gasteiger partial charge in [-0.3, -0.25) is 0 Å². The third-order valence-corrected chi connectivity index (χ3v) is 7.64. The Bertz CT molecular complexity index is 573. The highest BCUT2D eigenvalue weighted by Gasteiger charge is 2.43. The average Bonchev–Trinajstić information content (AvgIpc) is 2.62. The molecule has 9 heteroatoms. The van der Waals surface area contributed by atoms with Gasteiger partial charge in [0, 0.05) is 0 Å². The Labute approximate surface area is 119 Å². The van der Waals surface area contributed by atoms with Crippen LogP contribution in [0, 0.1) is 0 Å². The lowest BCUT2D eigenvalue weighted by atomic mass is 10.0. The Hall–Kier alpha value is -0.830. The van der Waals surface area contributed by atoms with E-state index in [4.69, 9.17) is 0 Å². The SMILES string of the molecule is C[C@@]1(NC(=O)N[C@]2(C)CCS(=O)(=O)C2)CCS(=O)(=O)C1. The van der Waals surface area contributed by atoms with Crippen LogP contribution < -0.4 is 10.6 Å². The number of amides is 2. The van der Waals surface area contributed by atoms with Crippen LogP contribution in [0.1, 0.15) is 26.7 Å². The summed E-state index contributed by atoms with van der Waals surface area (Å²) in [5, 5.41) is 5.33. The molecule has 7 nitrogen and oxygen atoms in total. The molecule has 2 N–H and O–H groups in total. The first-order valence-corrected chi connectivity index (χ1v) is 10.1. The highest BCUT2D eigenvalue weighted by Crippen LogP contribution is 2.25. The Morgan fingerprint density at radius 1 is 0.850 bits per heavy atom. The van der Waals surface area contributed by atoms with Crippen LogP contribution in [0.4, 0.5) is 4.79 Å². The molecule has 2 aliphatic heterocycles. The van der Waals surface area contributed by atoms with E-state index in [9.17, 15) is 21.6 Å². The van der Waals surface area contributed by atoms with Crippen LogP contribution in [0.5, 0.6) is 0 Å². The molecule has 2 amide bonds. The van der Waals surface area contributed by atoms with Crippen molar-refractivity contribution in [2.24, 2.45) is 0 Å². The summed E-state index contributed by atoms with van der Waals surface area (Å²) < 4.78 is 45.9. The minimum atomic E-state index is -3.10. The standard InChI is InChI=1S/C11H20N2O5S2/c1-10(3-5-19(15,16)7-10)12-9(14)13-11(2)4-6-20(17,18)8-11/h3-8H2,1-2H3,(H2,12,13,14)/t10-,11-/m1/s1. The van der Waals surface area contributed by atoms with Gasteiger partial charge in [0.15, 0.2) is 19.7 Å². The van der Waals surface area contributed by atoms with Gasteiger partial charge in [-0.25, -0.2) is 21.6 Å². The van der Waals surface area contributed by atoms with E-state index in [1.54, 1.807) is 13.8 Å². The number of hydrogen-bond donors (Lipinski definition) is 2. The number of carbonyl (C=O) groups excluding carboxylic acids is 1. The number of carbonyl (C=O) groups is 1. The molecule has 0 aliphatic carbocycles. The number of nitrogens with one attached hydrogen (secondary N) is 2.